The van der Waals surface area contributed by atoms with Crippen LogP contribution >= 0.6 is 11.6 Å². The third-order valence-electron chi connectivity index (χ3n) is 4.89. The Morgan fingerprint density at radius 3 is 2.62 bits per heavy atom. The summed E-state index contributed by atoms with van der Waals surface area (Å²) in [5.74, 6) is -1.30. The molecule has 2 heterocycles. The van der Waals surface area contributed by atoms with Gasteiger partial charge in [0.05, 0.1) is 18.2 Å². The summed E-state index contributed by atoms with van der Waals surface area (Å²) >= 11 is 6.12. The first kappa shape index (κ1) is 22.3. The smallest absolute Gasteiger partial charge is 0.355 e. The molecule has 1 amide bonds. The highest BCUT2D eigenvalue weighted by atomic mass is 35.5. The first-order chi connectivity index (χ1) is 15.3. The Labute approximate surface area is 189 Å². The molecular formula is C21H20ClN3O6S. The summed E-state index contributed by atoms with van der Waals surface area (Å²) < 4.78 is 37.3. The normalized spacial score (nSPS) is 14.9. The number of anilines is 1. The standard InChI is InChI=1S/C21H20ClN3O6S/c22-16-6-5-15(12-19(16)32(28,29)25-7-9-30-10-8-25)23-20(26)13-31-21(27)18-11-14-3-1-2-4-17(14)24-18/h1-6,11-12,24H,7-10,13H2,(H,23,26). The zero-order valence-corrected chi connectivity index (χ0v) is 18.4. The zero-order valence-electron chi connectivity index (χ0n) is 16.8. The number of para-hydroxylation sites is 1. The van der Waals surface area contributed by atoms with Crippen molar-refractivity contribution < 1.29 is 27.5 Å². The Kier molecular flexibility index (Phi) is 6.47. The highest BCUT2D eigenvalue weighted by molar-refractivity contribution is 7.89. The minimum Gasteiger partial charge on any atom is -0.451 e. The van der Waals surface area contributed by atoms with Crippen molar-refractivity contribution in [1.29, 1.82) is 0 Å². The number of aromatic amines is 1. The number of nitrogens with zero attached hydrogens (tertiary/aromatic N) is 1. The van der Waals surface area contributed by atoms with Gasteiger partial charge in [0.25, 0.3) is 5.91 Å². The molecule has 0 saturated carbocycles. The van der Waals surface area contributed by atoms with E-state index in [1.54, 1.807) is 6.07 Å². The van der Waals surface area contributed by atoms with Crippen LogP contribution < -0.4 is 5.32 Å². The number of amides is 1. The number of esters is 1. The molecule has 1 aromatic heterocycles. The van der Waals surface area contributed by atoms with Crippen molar-refractivity contribution in [2.24, 2.45) is 0 Å². The maximum atomic E-state index is 12.9. The largest absolute Gasteiger partial charge is 0.451 e. The fourth-order valence-electron chi connectivity index (χ4n) is 3.29. The molecule has 11 heteroatoms. The fourth-order valence-corrected chi connectivity index (χ4v) is 5.20. The Hall–Kier alpha value is -2.92. The molecule has 1 aliphatic rings. The van der Waals surface area contributed by atoms with Crippen molar-refractivity contribution in [3.05, 3.63) is 59.2 Å². The van der Waals surface area contributed by atoms with E-state index in [2.05, 4.69) is 10.3 Å². The van der Waals surface area contributed by atoms with Crippen LogP contribution in [0.25, 0.3) is 10.9 Å². The number of aromatic nitrogens is 1. The SMILES string of the molecule is O=C(COC(=O)c1cc2ccccc2[nH]1)Nc1ccc(Cl)c(S(=O)(=O)N2CCOCC2)c1. The van der Waals surface area contributed by atoms with Gasteiger partial charge in [-0.05, 0) is 30.3 Å². The predicted molar refractivity (Wildman–Crippen MR) is 118 cm³/mol. The van der Waals surface area contributed by atoms with Crippen LogP contribution in [0.3, 0.4) is 0 Å². The number of rotatable bonds is 6. The Bertz CT molecular complexity index is 1230. The molecule has 1 aliphatic heterocycles. The highest BCUT2D eigenvalue weighted by Crippen LogP contribution is 2.28. The number of H-pyrrole nitrogens is 1. The van der Waals surface area contributed by atoms with Crippen LogP contribution in [-0.2, 0) is 24.3 Å². The fraction of sp³-hybridized carbons (Fsp3) is 0.238. The van der Waals surface area contributed by atoms with E-state index in [9.17, 15) is 18.0 Å². The van der Waals surface area contributed by atoms with E-state index < -0.39 is 28.5 Å². The van der Waals surface area contributed by atoms with Crippen molar-refractivity contribution in [3.63, 3.8) is 0 Å². The molecule has 168 valence electrons. The lowest BCUT2D eigenvalue weighted by atomic mass is 10.2. The van der Waals surface area contributed by atoms with Crippen LogP contribution in [0, 0.1) is 0 Å². The Morgan fingerprint density at radius 1 is 1.12 bits per heavy atom. The van der Waals surface area contributed by atoms with E-state index in [1.165, 1.54) is 22.5 Å². The Morgan fingerprint density at radius 2 is 1.88 bits per heavy atom. The summed E-state index contributed by atoms with van der Waals surface area (Å²) in [6.45, 7) is 0.504. The second kappa shape index (κ2) is 9.29. The maximum absolute atomic E-state index is 12.9. The number of ether oxygens (including phenoxy) is 2. The van der Waals surface area contributed by atoms with Crippen LogP contribution in [0.2, 0.25) is 5.02 Å². The average molecular weight is 478 g/mol. The summed E-state index contributed by atoms with van der Waals surface area (Å²) in [7, 11) is -3.84. The highest BCUT2D eigenvalue weighted by Gasteiger charge is 2.28. The van der Waals surface area contributed by atoms with Crippen molar-refractivity contribution in [3.8, 4) is 0 Å². The molecule has 32 heavy (non-hydrogen) atoms. The number of nitrogens with one attached hydrogen (secondary N) is 2. The topological polar surface area (TPSA) is 118 Å². The summed E-state index contributed by atoms with van der Waals surface area (Å²) in [5, 5.41) is 3.41. The number of sulfonamides is 1. The van der Waals surface area contributed by atoms with Crippen molar-refractivity contribution >= 4 is 50.1 Å². The summed E-state index contributed by atoms with van der Waals surface area (Å²) in [6.07, 6.45) is 0. The average Bonchev–Trinajstić information content (AvgIpc) is 3.24. The zero-order chi connectivity index (χ0) is 22.7. The molecule has 0 aliphatic carbocycles. The lowest BCUT2D eigenvalue weighted by molar-refractivity contribution is -0.119. The van der Waals surface area contributed by atoms with E-state index in [4.69, 9.17) is 21.1 Å². The van der Waals surface area contributed by atoms with Gasteiger partial charge in [0.1, 0.15) is 10.6 Å². The van der Waals surface area contributed by atoms with E-state index in [0.717, 1.165) is 10.9 Å². The lowest BCUT2D eigenvalue weighted by Crippen LogP contribution is -2.40. The van der Waals surface area contributed by atoms with Crippen LogP contribution in [-0.4, -0.2) is 62.5 Å². The second-order valence-corrected chi connectivity index (χ2v) is 9.37. The molecule has 9 nitrogen and oxygen atoms in total. The summed E-state index contributed by atoms with van der Waals surface area (Å²) in [6, 6.07) is 13.1. The number of carbonyl (C=O) groups is 2. The van der Waals surface area contributed by atoms with Gasteiger partial charge < -0.3 is 19.8 Å². The van der Waals surface area contributed by atoms with E-state index in [-0.39, 0.29) is 34.4 Å². The third-order valence-corrected chi connectivity index (χ3v) is 7.27. The van der Waals surface area contributed by atoms with Crippen molar-refractivity contribution in [1.82, 2.24) is 9.29 Å². The van der Waals surface area contributed by atoms with Gasteiger partial charge in [-0.1, -0.05) is 29.8 Å². The molecule has 0 radical (unpaired) electrons. The summed E-state index contributed by atoms with van der Waals surface area (Å²) in [4.78, 5) is 27.3. The first-order valence-electron chi connectivity index (χ1n) is 9.77. The van der Waals surface area contributed by atoms with Crippen molar-refractivity contribution in [2.45, 2.75) is 4.90 Å². The lowest BCUT2D eigenvalue weighted by Gasteiger charge is -2.26. The van der Waals surface area contributed by atoms with Crippen LogP contribution in [0.15, 0.2) is 53.4 Å². The molecule has 1 saturated heterocycles. The minimum atomic E-state index is -3.84. The molecule has 4 rings (SSSR count). The van der Waals surface area contributed by atoms with Crippen LogP contribution in [0.1, 0.15) is 10.5 Å². The number of hydrogen-bond acceptors (Lipinski definition) is 6. The van der Waals surface area contributed by atoms with E-state index >= 15 is 0 Å². The number of hydrogen-bond donors (Lipinski definition) is 2. The van der Waals surface area contributed by atoms with Gasteiger partial charge in [0.2, 0.25) is 10.0 Å². The summed E-state index contributed by atoms with van der Waals surface area (Å²) in [5.41, 5.74) is 1.22. The van der Waals surface area contributed by atoms with Gasteiger partial charge in [-0.2, -0.15) is 4.31 Å². The number of carbonyl (C=O) groups excluding carboxylic acids is 2. The molecule has 2 N–H and O–H groups in total. The molecule has 0 spiro atoms. The van der Waals surface area contributed by atoms with Gasteiger partial charge in [-0.3, -0.25) is 4.79 Å². The molecule has 2 aromatic carbocycles. The van der Waals surface area contributed by atoms with Gasteiger partial charge in [-0.15, -0.1) is 0 Å². The maximum Gasteiger partial charge on any atom is 0.355 e. The van der Waals surface area contributed by atoms with Gasteiger partial charge in [0.15, 0.2) is 6.61 Å². The van der Waals surface area contributed by atoms with Gasteiger partial charge >= 0.3 is 5.97 Å². The van der Waals surface area contributed by atoms with E-state index in [1.807, 2.05) is 24.3 Å². The molecule has 1 fully saturated rings. The van der Waals surface area contributed by atoms with Gasteiger partial charge in [-0.25, -0.2) is 13.2 Å². The molecular weight excluding hydrogens is 458 g/mol. The minimum absolute atomic E-state index is 0.0414. The van der Waals surface area contributed by atoms with Gasteiger partial charge in [0, 0.05) is 29.7 Å². The molecule has 0 unspecified atom stereocenters. The first-order valence-corrected chi connectivity index (χ1v) is 11.6. The predicted octanol–water partition coefficient (Wildman–Crippen LogP) is 2.64. The number of morpholine rings is 1. The Balaban J connectivity index is 1.41. The third kappa shape index (κ3) is 4.78. The molecule has 3 aromatic rings. The molecule has 0 atom stereocenters. The van der Waals surface area contributed by atoms with Crippen LogP contribution in [0.5, 0.6) is 0 Å². The van der Waals surface area contributed by atoms with Crippen molar-refractivity contribution in [2.75, 3.05) is 38.2 Å². The number of halogens is 1. The number of benzene rings is 2. The van der Waals surface area contributed by atoms with Crippen LogP contribution in [0.4, 0.5) is 5.69 Å². The number of fused-ring (bicyclic) bond motifs is 1. The molecule has 0 bridgehead atoms. The quantitative estimate of drug-likeness (QED) is 0.527. The van der Waals surface area contributed by atoms with E-state index in [0.29, 0.717) is 13.2 Å². The monoisotopic (exact) mass is 477 g/mol. The second-order valence-electron chi connectivity index (χ2n) is 7.06.